The van der Waals surface area contributed by atoms with E-state index in [0.717, 1.165) is 36.1 Å². The van der Waals surface area contributed by atoms with Gasteiger partial charge in [0.1, 0.15) is 5.75 Å². The van der Waals surface area contributed by atoms with Crippen LogP contribution < -0.4 is 10.5 Å². The lowest BCUT2D eigenvalue weighted by Crippen LogP contribution is -2.17. The van der Waals surface area contributed by atoms with Gasteiger partial charge in [0.05, 0.1) is 7.11 Å². The molecule has 5 heteroatoms. The first kappa shape index (κ1) is 16.8. The normalized spacial score (nSPS) is 16.3. The summed E-state index contributed by atoms with van der Waals surface area (Å²) >= 11 is 0. The lowest BCUT2D eigenvalue weighted by molar-refractivity contribution is 0.408. The third-order valence-electron chi connectivity index (χ3n) is 5.01. The first-order valence-corrected chi connectivity index (χ1v) is 8.99. The van der Waals surface area contributed by atoms with Crippen LogP contribution in [0.4, 0.5) is 0 Å². The van der Waals surface area contributed by atoms with Crippen molar-refractivity contribution >= 4 is 0 Å². The van der Waals surface area contributed by atoms with Gasteiger partial charge in [0, 0.05) is 23.6 Å². The summed E-state index contributed by atoms with van der Waals surface area (Å²) in [5.41, 5.74) is 11.9. The van der Waals surface area contributed by atoms with Crippen LogP contribution in [0.15, 0.2) is 40.9 Å². The van der Waals surface area contributed by atoms with Crippen molar-refractivity contribution in [2.45, 2.75) is 38.6 Å². The molecule has 0 amide bonds. The molecule has 1 unspecified atom stereocenters. The van der Waals surface area contributed by atoms with Crippen LogP contribution in [0.2, 0.25) is 0 Å². The number of hydrogen-bond acceptors (Lipinski definition) is 5. The summed E-state index contributed by atoms with van der Waals surface area (Å²) in [6.45, 7) is 2.06. The molecule has 0 spiro atoms. The van der Waals surface area contributed by atoms with Gasteiger partial charge in [-0.25, -0.2) is 0 Å². The van der Waals surface area contributed by atoms with E-state index in [1.165, 1.54) is 16.7 Å². The number of benzene rings is 2. The number of aromatic nitrogens is 2. The standard InChI is InChI=1S/C21H23N3O2/c1-13-6-9-19(25-2)16(10-13)12-20-23-21(26-24-20)15-8-7-14-4-3-5-18(22)17(14)11-15/h6-11,18H,3-5,12,22H2,1-2H3. The molecule has 4 rings (SSSR count). The molecule has 2 N–H and O–H groups in total. The quantitative estimate of drug-likeness (QED) is 0.771. The topological polar surface area (TPSA) is 74.2 Å². The van der Waals surface area contributed by atoms with Crippen molar-refractivity contribution in [3.05, 3.63) is 64.5 Å². The van der Waals surface area contributed by atoms with Crippen LogP contribution in [0.5, 0.6) is 5.75 Å². The Kier molecular flexibility index (Phi) is 4.47. The van der Waals surface area contributed by atoms with Crippen LogP contribution in [-0.4, -0.2) is 17.3 Å². The summed E-state index contributed by atoms with van der Waals surface area (Å²) < 4.78 is 10.9. The van der Waals surface area contributed by atoms with Crippen LogP contribution in [0, 0.1) is 6.92 Å². The number of fused-ring (bicyclic) bond motifs is 1. The second-order valence-corrected chi connectivity index (χ2v) is 6.92. The highest BCUT2D eigenvalue weighted by molar-refractivity contribution is 5.57. The van der Waals surface area contributed by atoms with Crippen LogP contribution in [-0.2, 0) is 12.8 Å². The van der Waals surface area contributed by atoms with E-state index in [9.17, 15) is 0 Å². The molecule has 0 saturated heterocycles. The maximum absolute atomic E-state index is 6.27. The Balaban J connectivity index is 1.61. The highest BCUT2D eigenvalue weighted by Gasteiger charge is 2.19. The molecular formula is C21H23N3O2. The Morgan fingerprint density at radius 1 is 1.23 bits per heavy atom. The number of ether oxygens (including phenoxy) is 1. The van der Waals surface area contributed by atoms with Gasteiger partial charge in [0.2, 0.25) is 0 Å². The zero-order valence-electron chi connectivity index (χ0n) is 15.2. The molecule has 2 aromatic carbocycles. The smallest absolute Gasteiger partial charge is 0.257 e. The van der Waals surface area contributed by atoms with E-state index < -0.39 is 0 Å². The second kappa shape index (κ2) is 6.92. The summed E-state index contributed by atoms with van der Waals surface area (Å²) in [4.78, 5) is 4.58. The van der Waals surface area contributed by atoms with Gasteiger partial charge in [0.25, 0.3) is 5.89 Å². The molecule has 1 heterocycles. The molecule has 0 saturated carbocycles. The molecule has 0 bridgehead atoms. The fourth-order valence-corrected chi connectivity index (χ4v) is 3.63. The third-order valence-corrected chi connectivity index (χ3v) is 5.01. The van der Waals surface area contributed by atoms with E-state index in [1.54, 1.807) is 7.11 Å². The molecule has 1 aliphatic carbocycles. The Morgan fingerprint density at radius 3 is 2.96 bits per heavy atom. The van der Waals surface area contributed by atoms with Gasteiger partial charge < -0.3 is 15.0 Å². The van der Waals surface area contributed by atoms with Crippen molar-refractivity contribution in [2.75, 3.05) is 7.11 Å². The van der Waals surface area contributed by atoms with Gasteiger partial charge in [-0.3, -0.25) is 0 Å². The number of nitrogens with zero attached hydrogens (tertiary/aromatic N) is 2. The Morgan fingerprint density at radius 2 is 2.12 bits per heavy atom. The molecule has 0 radical (unpaired) electrons. The summed E-state index contributed by atoms with van der Waals surface area (Å²) in [5, 5.41) is 4.15. The van der Waals surface area contributed by atoms with Gasteiger partial charge in [0.15, 0.2) is 5.82 Å². The highest BCUT2D eigenvalue weighted by atomic mass is 16.5. The van der Waals surface area contributed by atoms with Crippen molar-refractivity contribution in [2.24, 2.45) is 5.73 Å². The Labute approximate surface area is 153 Å². The van der Waals surface area contributed by atoms with Gasteiger partial charge in [-0.05, 0) is 55.5 Å². The number of hydrogen-bond donors (Lipinski definition) is 1. The maximum atomic E-state index is 6.27. The summed E-state index contributed by atoms with van der Waals surface area (Å²) in [5.74, 6) is 2.01. The zero-order chi connectivity index (χ0) is 18.1. The lowest BCUT2D eigenvalue weighted by Gasteiger charge is -2.22. The van der Waals surface area contributed by atoms with Crippen LogP contribution in [0.25, 0.3) is 11.5 Å². The van der Waals surface area contributed by atoms with Crippen molar-refractivity contribution in [3.63, 3.8) is 0 Å². The van der Waals surface area contributed by atoms with Crippen molar-refractivity contribution < 1.29 is 9.26 Å². The maximum Gasteiger partial charge on any atom is 0.257 e. The lowest BCUT2D eigenvalue weighted by atomic mass is 9.87. The first-order valence-electron chi connectivity index (χ1n) is 8.99. The molecule has 1 atom stereocenters. The van der Waals surface area contributed by atoms with Gasteiger partial charge in [-0.2, -0.15) is 4.98 Å². The molecule has 3 aromatic rings. The molecule has 1 aliphatic rings. The fraction of sp³-hybridized carbons (Fsp3) is 0.333. The van der Waals surface area contributed by atoms with E-state index in [0.29, 0.717) is 18.1 Å². The minimum absolute atomic E-state index is 0.0950. The average Bonchev–Trinajstić information content (AvgIpc) is 3.11. The molecule has 0 aliphatic heterocycles. The molecule has 134 valence electrons. The van der Waals surface area contributed by atoms with Crippen LogP contribution in [0.3, 0.4) is 0 Å². The SMILES string of the molecule is COc1ccc(C)cc1Cc1noc(-c2ccc3c(c2)C(N)CCC3)n1. The average molecular weight is 349 g/mol. The van der Waals surface area contributed by atoms with Gasteiger partial charge in [-0.1, -0.05) is 28.9 Å². The van der Waals surface area contributed by atoms with Crippen molar-refractivity contribution in [3.8, 4) is 17.2 Å². The number of nitrogens with two attached hydrogens (primary N) is 1. The Bertz CT molecular complexity index is 933. The van der Waals surface area contributed by atoms with E-state index in [2.05, 4.69) is 35.3 Å². The number of methoxy groups -OCH3 is 1. The van der Waals surface area contributed by atoms with E-state index in [1.807, 2.05) is 18.2 Å². The number of rotatable bonds is 4. The predicted molar refractivity (Wildman–Crippen MR) is 100 cm³/mol. The summed E-state index contributed by atoms with van der Waals surface area (Å²) in [6, 6.07) is 12.5. The minimum atomic E-state index is 0.0950. The molecular weight excluding hydrogens is 326 g/mol. The van der Waals surface area contributed by atoms with Crippen molar-refractivity contribution in [1.82, 2.24) is 10.1 Å². The van der Waals surface area contributed by atoms with E-state index >= 15 is 0 Å². The molecule has 26 heavy (non-hydrogen) atoms. The second-order valence-electron chi connectivity index (χ2n) is 6.92. The summed E-state index contributed by atoms with van der Waals surface area (Å²) in [7, 11) is 1.67. The van der Waals surface area contributed by atoms with Crippen LogP contribution in [0.1, 0.15) is 47.0 Å². The Hall–Kier alpha value is -2.66. The largest absolute Gasteiger partial charge is 0.496 e. The van der Waals surface area contributed by atoms with Crippen molar-refractivity contribution in [1.29, 1.82) is 0 Å². The zero-order valence-corrected chi connectivity index (χ0v) is 15.2. The van der Waals surface area contributed by atoms with E-state index in [-0.39, 0.29) is 6.04 Å². The number of aryl methyl sites for hydroxylation is 2. The molecule has 0 fully saturated rings. The monoisotopic (exact) mass is 349 g/mol. The minimum Gasteiger partial charge on any atom is -0.496 e. The van der Waals surface area contributed by atoms with Gasteiger partial charge in [-0.15, -0.1) is 0 Å². The molecule has 5 nitrogen and oxygen atoms in total. The first-order chi connectivity index (χ1) is 12.6. The predicted octanol–water partition coefficient (Wildman–Crippen LogP) is 3.98. The third kappa shape index (κ3) is 3.22. The highest BCUT2D eigenvalue weighted by Crippen LogP contribution is 2.31. The molecule has 1 aromatic heterocycles. The van der Waals surface area contributed by atoms with Crippen LogP contribution >= 0.6 is 0 Å². The van der Waals surface area contributed by atoms with E-state index in [4.69, 9.17) is 15.0 Å². The fourth-order valence-electron chi connectivity index (χ4n) is 3.63. The summed E-state index contributed by atoms with van der Waals surface area (Å²) in [6.07, 6.45) is 3.83. The van der Waals surface area contributed by atoms with Gasteiger partial charge >= 0.3 is 0 Å².